The Morgan fingerprint density at radius 2 is 1.76 bits per heavy atom. The van der Waals surface area contributed by atoms with Gasteiger partial charge < -0.3 is 10.6 Å². The van der Waals surface area contributed by atoms with Gasteiger partial charge in [-0.1, -0.05) is 48.0 Å². The van der Waals surface area contributed by atoms with Crippen LogP contribution >= 0.6 is 0 Å². The summed E-state index contributed by atoms with van der Waals surface area (Å²) in [5, 5.41) is 13.4. The van der Waals surface area contributed by atoms with Gasteiger partial charge in [0.15, 0.2) is 11.8 Å². The molecule has 3 aromatic rings. The van der Waals surface area contributed by atoms with E-state index in [1.165, 1.54) is 17.5 Å². The minimum atomic E-state index is 0.676. The fourth-order valence-corrected chi connectivity index (χ4v) is 2.59. The van der Waals surface area contributed by atoms with Crippen molar-refractivity contribution >= 4 is 5.96 Å². The van der Waals surface area contributed by atoms with E-state index >= 15 is 0 Å². The van der Waals surface area contributed by atoms with Gasteiger partial charge in [-0.3, -0.25) is 10.1 Å². The SMILES string of the molecule is CN=C(NCc1cccc(C)c1)NCc1cccc(-c2ncn[nH]2)c1. The van der Waals surface area contributed by atoms with E-state index in [0.29, 0.717) is 6.54 Å². The highest BCUT2D eigenvalue weighted by Crippen LogP contribution is 2.15. The molecule has 0 radical (unpaired) electrons. The van der Waals surface area contributed by atoms with Gasteiger partial charge in [-0.05, 0) is 24.1 Å². The van der Waals surface area contributed by atoms with E-state index in [9.17, 15) is 0 Å². The Morgan fingerprint density at radius 3 is 2.40 bits per heavy atom. The van der Waals surface area contributed by atoms with Crippen molar-refractivity contribution in [3.8, 4) is 11.4 Å². The molecule has 0 aliphatic rings. The molecule has 3 rings (SSSR count). The maximum atomic E-state index is 4.28. The Balaban J connectivity index is 1.57. The highest BCUT2D eigenvalue weighted by atomic mass is 15.2. The molecule has 0 spiro atoms. The summed E-state index contributed by atoms with van der Waals surface area (Å²) >= 11 is 0. The van der Waals surface area contributed by atoms with Gasteiger partial charge in [0, 0.05) is 25.7 Å². The second-order valence-electron chi connectivity index (χ2n) is 5.80. The van der Waals surface area contributed by atoms with Crippen LogP contribution in [-0.4, -0.2) is 28.2 Å². The van der Waals surface area contributed by atoms with Gasteiger partial charge in [0.25, 0.3) is 0 Å². The first-order valence-corrected chi connectivity index (χ1v) is 8.19. The Morgan fingerprint density at radius 1 is 1.04 bits per heavy atom. The molecule has 3 N–H and O–H groups in total. The van der Waals surface area contributed by atoms with Crippen LogP contribution in [0.3, 0.4) is 0 Å². The highest BCUT2D eigenvalue weighted by Gasteiger charge is 2.03. The number of guanidine groups is 1. The first kappa shape index (κ1) is 16.7. The van der Waals surface area contributed by atoms with Gasteiger partial charge >= 0.3 is 0 Å². The van der Waals surface area contributed by atoms with Gasteiger partial charge in [-0.25, -0.2) is 4.98 Å². The minimum absolute atomic E-state index is 0.676. The van der Waals surface area contributed by atoms with Crippen LogP contribution in [0.2, 0.25) is 0 Å². The summed E-state index contributed by atoms with van der Waals surface area (Å²) in [5.74, 6) is 1.54. The smallest absolute Gasteiger partial charge is 0.191 e. The van der Waals surface area contributed by atoms with Gasteiger partial charge in [-0.15, -0.1) is 0 Å². The van der Waals surface area contributed by atoms with E-state index in [-0.39, 0.29) is 0 Å². The summed E-state index contributed by atoms with van der Waals surface area (Å²) in [6.07, 6.45) is 1.51. The van der Waals surface area contributed by atoms with Crippen molar-refractivity contribution < 1.29 is 0 Å². The lowest BCUT2D eigenvalue weighted by Crippen LogP contribution is -2.36. The molecule has 0 saturated heterocycles. The molecule has 0 aliphatic carbocycles. The van der Waals surface area contributed by atoms with E-state index in [2.05, 4.69) is 74.1 Å². The number of H-pyrrole nitrogens is 1. The van der Waals surface area contributed by atoms with Crippen molar-refractivity contribution in [2.75, 3.05) is 7.05 Å². The highest BCUT2D eigenvalue weighted by molar-refractivity contribution is 5.79. The number of nitrogens with one attached hydrogen (secondary N) is 3. The largest absolute Gasteiger partial charge is 0.352 e. The quantitative estimate of drug-likeness (QED) is 0.495. The Labute approximate surface area is 147 Å². The average Bonchev–Trinajstić information content (AvgIpc) is 3.17. The number of aryl methyl sites for hydroxylation is 1. The van der Waals surface area contributed by atoms with Crippen LogP contribution in [0.5, 0.6) is 0 Å². The summed E-state index contributed by atoms with van der Waals surface area (Å²) in [6, 6.07) is 16.6. The molecule has 6 heteroatoms. The third kappa shape index (κ3) is 4.67. The third-order valence-electron chi connectivity index (χ3n) is 3.84. The van der Waals surface area contributed by atoms with Gasteiger partial charge in [0.2, 0.25) is 0 Å². The molecular formula is C19H22N6. The van der Waals surface area contributed by atoms with Crippen molar-refractivity contribution in [1.82, 2.24) is 25.8 Å². The molecule has 1 aromatic heterocycles. The molecule has 6 nitrogen and oxygen atoms in total. The van der Waals surface area contributed by atoms with E-state index in [0.717, 1.165) is 29.5 Å². The van der Waals surface area contributed by atoms with Crippen LogP contribution in [-0.2, 0) is 13.1 Å². The van der Waals surface area contributed by atoms with Crippen LogP contribution in [0.4, 0.5) is 0 Å². The van der Waals surface area contributed by atoms with E-state index in [4.69, 9.17) is 0 Å². The van der Waals surface area contributed by atoms with Crippen molar-refractivity contribution in [2.24, 2.45) is 4.99 Å². The Hall–Kier alpha value is -3.15. The monoisotopic (exact) mass is 334 g/mol. The molecule has 0 atom stereocenters. The summed E-state index contributed by atoms with van der Waals surface area (Å²) < 4.78 is 0. The molecule has 0 saturated carbocycles. The Bertz CT molecular complexity index is 839. The predicted octanol–water partition coefficient (Wildman–Crippen LogP) is 2.65. The lowest BCUT2D eigenvalue weighted by molar-refractivity contribution is 0.809. The van der Waals surface area contributed by atoms with Crippen molar-refractivity contribution in [3.63, 3.8) is 0 Å². The van der Waals surface area contributed by atoms with Crippen molar-refractivity contribution in [3.05, 3.63) is 71.5 Å². The fraction of sp³-hybridized carbons (Fsp3) is 0.211. The lowest BCUT2D eigenvalue weighted by Gasteiger charge is -2.12. The molecule has 128 valence electrons. The summed E-state index contributed by atoms with van der Waals surface area (Å²) in [7, 11) is 1.77. The molecule has 0 amide bonds. The molecule has 0 unspecified atom stereocenters. The van der Waals surface area contributed by atoms with E-state index in [1.807, 2.05) is 12.1 Å². The van der Waals surface area contributed by atoms with Crippen molar-refractivity contribution in [1.29, 1.82) is 0 Å². The summed E-state index contributed by atoms with van der Waals surface area (Å²) in [4.78, 5) is 8.46. The zero-order valence-corrected chi connectivity index (χ0v) is 14.5. The maximum absolute atomic E-state index is 4.28. The second kappa shape index (κ2) is 8.10. The number of nitrogens with zero attached hydrogens (tertiary/aromatic N) is 3. The van der Waals surface area contributed by atoms with Crippen LogP contribution in [0.25, 0.3) is 11.4 Å². The average molecular weight is 334 g/mol. The zero-order chi connectivity index (χ0) is 17.5. The summed E-state index contributed by atoms with van der Waals surface area (Å²) in [5.41, 5.74) is 4.65. The number of rotatable bonds is 5. The van der Waals surface area contributed by atoms with Gasteiger partial charge in [0.05, 0.1) is 0 Å². The number of aromatic nitrogens is 3. The number of hydrogen-bond donors (Lipinski definition) is 3. The molecular weight excluding hydrogens is 312 g/mol. The lowest BCUT2D eigenvalue weighted by atomic mass is 10.1. The molecule has 0 bridgehead atoms. The third-order valence-corrected chi connectivity index (χ3v) is 3.84. The molecule has 1 heterocycles. The number of benzene rings is 2. The number of aromatic amines is 1. The predicted molar refractivity (Wildman–Crippen MR) is 100 cm³/mol. The molecule has 2 aromatic carbocycles. The Kier molecular flexibility index (Phi) is 5.41. The topological polar surface area (TPSA) is 78.0 Å². The van der Waals surface area contributed by atoms with Gasteiger partial charge in [0.1, 0.15) is 6.33 Å². The standard InChI is InChI=1S/C19H22N6/c1-14-5-3-6-15(9-14)11-21-19(20-2)22-12-16-7-4-8-17(10-16)18-23-13-24-25-18/h3-10,13H,11-12H2,1-2H3,(H2,20,21,22)(H,23,24,25). The molecule has 0 aliphatic heterocycles. The van der Waals surface area contributed by atoms with Gasteiger partial charge in [-0.2, -0.15) is 5.10 Å². The molecule has 25 heavy (non-hydrogen) atoms. The van der Waals surface area contributed by atoms with Crippen LogP contribution < -0.4 is 10.6 Å². The van der Waals surface area contributed by atoms with E-state index in [1.54, 1.807) is 7.05 Å². The summed E-state index contributed by atoms with van der Waals surface area (Å²) in [6.45, 7) is 3.51. The van der Waals surface area contributed by atoms with Crippen molar-refractivity contribution in [2.45, 2.75) is 20.0 Å². The van der Waals surface area contributed by atoms with Crippen LogP contribution in [0.1, 0.15) is 16.7 Å². The first-order valence-electron chi connectivity index (χ1n) is 8.19. The zero-order valence-electron chi connectivity index (χ0n) is 14.5. The normalized spacial score (nSPS) is 11.4. The fourth-order valence-electron chi connectivity index (χ4n) is 2.59. The van der Waals surface area contributed by atoms with Crippen LogP contribution in [0, 0.1) is 6.92 Å². The minimum Gasteiger partial charge on any atom is -0.352 e. The number of hydrogen-bond acceptors (Lipinski definition) is 3. The van der Waals surface area contributed by atoms with E-state index < -0.39 is 0 Å². The first-order chi connectivity index (χ1) is 12.2. The number of aliphatic imine (C=N–C) groups is 1. The van der Waals surface area contributed by atoms with Crippen LogP contribution in [0.15, 0.2) is 59.9 Å². The second-order valence-corrected chi connectivity index (χ2v) is 5.80. The maximum Gasteiger partial charge on any atom is 0.191 e. The molecule has 0 fully saturated rings.